The molecule has 0 aromatic carbocycles. The van der Waals surface area contributed by atoms with Gasteiger partial charge in [0.25, 0.3) is 0 Å². The maximum Gasteiger partial charge on any atom is 0.317 e. The maximum absolute atomic E-state index is 11.7. The normalized spacial score (nSPS) is 10.2. The first-order valence-corrected chi connectivity index (χ1v) is 6.29. The van der Waals surface area contributed by atoms with Crippen LogP contribution in [0.2, 0.25) is 5.15 Å². The van der Waals surface area contributed by atoms with Crippen LogP contribution in [0.5, 0.6) is 0 Å². The first-order valence-electron chi connectivity index (χ1n) is 5.91. The highest BCUT2D eigenvalue weighted by atomic mass is 35.5. The minimum atomic E-state index is -0.159. The number of halogens is 1. The second-order valence-corrected chi connectivity index (χ2v) is 4.16. The van der Waals surface area contributed by atoms with Gasteiger partial charge in [-0.15, -0.1) is 0 Å². The van der Waals surface area contributed by atoms with Crippen LogP contribution in [0.15, 0.2) is 18.3 Å². The molecular formula is C12H18ClN3O2. The topological polar surface area (TPSA) is 65.5 Å². The lowest BCUT2D eigenvalue weighted by Crippen LogP contribution is -2.42. The summed E-state index contributed by atoms with van der Waals surface area (Å²) in [5.74, 6) is 0. The van der Waals surface area contributed by atoms with Crippen LogP contribution >= 0.6 is 11.6 Å². The first kappa shape index (κ1) is 14.7. The molecule has 0 saturated carbocycles. The molecule has 1 heterocycles. The lowest BCUT2D eigenvalue weighted by atomic mass is 10.2. The number of hydrogen-bond donors (Lipinski definition) is 2. The Balaban J connectivity index is 2.32. The number of amides is 2. The van der Waals surface area contributed by atoms with Crippen LogP contribution in [-0.4, -0.2) is 47.3 Å². The number of aromatic nitrogens is 1. The van der Waals surface area contributed by atoms with Gasteiger partial charge in [-0.3, -0.25) is 0 Å². The number of carbonyl (C=O) groups excluding carboxylic acids is 1. The van der Waals surface area contributed by atoms with Gasteiger partial charge >= 0.3 is 6.03 Å². The Kier molecular flexibility index (Phi) is 6.46. The van der Waals surface area contributed by atoms with Gasteiger partial charge in [0.2, 0.25) is 0 Å². The standard InChI is InChI=1S/C12H18ClN3O2/c1-2-16(7-8-17)12(18)14-6-5-10-3-4-11(13)15-9-10/h3-4,9,17H,2,5-8H2,1H3,(H,14,18). The Hall–Kier alpha value is -1.33. The van der Waals surface area contributed by atoms with Crippen molar-refractivity contribution in [1.29, 1.82) is 0 Å². The molecule has 2 N–H and O–H groups in total. The van der Waals surface area contributed by atoms with E-state index in [4.69, 9.17) is 16.7 Å². The number of hydrogen-bond acceptors (Lipinski definition) is 3. The molecule has 0 aliphatic heterocycles. The number of carbonyl (C=O) groups is 1. The predicted octanol–water partition coefficient (Wildman–Crippen LogP) is 1.30. The van der Waals surface area contributed by atoms with Crippen LogP contribution in [0, 0.1) is 0 Å². The van der Waals surface area contributed by atoms with E-state index in [1.54, 1.807) is 17.2 Å². The zero-order chi connectivity index (χ0) is 13.4. The molecule has 0 fully saturated rings. The highest BCUT2D eigenvalue weighted by molar-refractivity contribution is 6.29. The summed E-state index contributed by atoms with van der Waals surface area (Å²) < 4.78 is 0. The van der Waals surface area contributed by atoms with Crippen LogP contribution in [0.25, 0.3) is 0 Å². The Morgan fingerprint density at radius 1 is 1.56 bits per heavy atom. The zero-order valence-electron chi connectivity index (χ0n) is 10.4. The molecule has 0 saturated heterocycles. The summed E-state index contributed by atoms with van der Waals surface area (Å²) in [6.45, 7) is 3.31. The van der Waals surface area contributed by atoms with E-state index < -0.39 is 0 Å². The number of urea groups is 1. The van der Waals surface area contributed by atoms with Crippen molar-refractivity contribution in [3.8, 4) is 0 Å². The number of likely N-dealkylation sites (N-methyl/N-ethyl adjacent to an activating group) is 1. The average molecular weight is 272 g/mol. The van der Waals surface area contributed by atoms with Crippen molar-refractivity contribution in [1.82, 2.24) is 15.2 Å². The van der Waals surface area contributed by atoms with E-state index in [2.05, 4.69) is 10.3 Å². The number of aliphatic hydroxyl groups is 1. The van der Waals surface area contributed by atoms with Crippen molar-refractivity contribution in [2.45, 2.75) is 13.3 Å². The second-order valence-electron chi connectivity index (χ2n) is 3.77. The summed E-state index contributed by atoms with van der Waals surface area (Å²) in [5, 5.41) is 12.1. The van der Waals surface area contributed by atoms with Gasteiger partial charge in [-0.25, -0.2) is 9.78 Å². The Morgan fingerprint density at radius 2 is 2.33 bits per heavy atom. The van der Waals surface area contributed by atoms with Crippen LogP contribution in [0.1, 0.15) is 12.5 Å². The Labute approximate surface area is 112 Å². The van der Waals surface area contributed by atoms with E-state index in [1.165, 1.54) is 0 Å². The lowest BCUT2D eigenvalue weighted by Gasteiger charge is -2.20. The summed E-state index contributed by atoms with van der Waals surface area (Å²) in [6, 6.07) is 3.45. The summed E-state index contributed by atoms with van der Waals surface area (Å²) >= 11 is 5.68. The van der Waals surface area contributed by atoms with Gasteiger partial charge in [0.15, 0.2) is 0 Å². The molecular weight excluding hydrogens is 254 g/mol. The molecule has 0 atom stereocenters. The fraction of sp³-hybridized carbons (Fsp3) is 0.500. The van der Waals surface area contributed by atoms with E-state index in [0.29, 0.717) is 31.2 Å². The Morgan fingerprint density at radius 3 is 2.89 bits per heavy atom. The van der Waals surface area contributed by atoms with Crippen LogP contribution < -0.4 is 5.32 Å². The predicted molar refractivity (Wildman–Crippen MR) is 70.7 cm³/mol. The largest absolute Gasteiger partial charge is 0.395 e. The molecule has 1 rings (SSSR count). The van der Waals surface area contributed by atoms with E-state index in [9.17, 15) is 4.79 Å². The van der Waals surface area contributed by atoms with E-state index in [-0.39, 0.29) is 12.6 Å². The highest BCUT2D eigenvalue weighted by Crippen LogP contribution is 2.05. The monoisotopic (exact) mass is 271 g/mol. The van der Waals surface area contributed by atoms with Crippen LogP contribution in [0.4, 0.5) is 4.79 Å². The van der Waals surface area contributed by atoms with Crippen molar-refractivity contribution in [2.24, 2.45) is 0 Å². The minimum absolute atomic E-state index is 0.0254. The van der Waals surface area contributed by atoms with Crippen LogP contribution in [-0.2, 0) is 6.42 Å². The molecule has 2 amide bonds. The molecule has 1 aromatic heterocycles. The molecule has 0 aliphatic carbocycles. The third kappa shape index (κ3) is 4.89. The molecule has 0 unspecified atom stereocenters. The minimum Gasteiger partial charge on any atom is -0.395 e. The highest BCUT2D eigenvalue weighted by Gasteiger charge is 2.09. The quantitative estimate of drug-likeness (QED) is 0.767. The van der Waals surface area contributed by atoms with Gasteiger partial charge in [-0.2, -0.15) is 0 Å². The van der Waals surface area contributed by atoms with Crippen molar-refractivity contribution >= 4 is 17.6 Å². The number of nitrogens with zero attached hydrogens (tertiary/aromatic N) is 2. The number of pyridine rings is 1. The van der Waals surface area contributed by atoms with Gasteiger partial charge in [0, 0.05) is 25.8 Å². The smallest absolute Gasteiger partial charge is 0.317 e. The fourth-order valence-corrected chi connectivity index (χ4v) is 1.62. The van der Waals surface area contributed by atoms with Crippen molar-refractivity contribution in [2.75, 3.05) is 26.2 Å². The molecule has 18 heavy (non-hydrogen) atoms. The van der Waals surface area contributed by atoms with Crippen LogP contribution in [0.3, 0.4) is 0 Å². The third-order valence-electron chi connectivity index (χ3n) is 2.52. The lowest BCUT2D eigenvalue weighted by molar-refractivity contribution is 0.180. The summed E-state index contributed by atoms with van der Waals surface area (Å²) in [7, 11) is 0. The molecule has 0 aliphatic rings. The fourth-order valence-electron chi connectivity index (χ4n) is 1.50. The summed E-state index contributed by atoms with van der Waals surface area (Å²) in [5.41, 5.74) is 1.02. The van der Waals surface area contributed by atoms with Crippen molar-refractivity contribution in [3.05, 3.63) is 29.0 Å². The Bertz CT molecular complexity index is 370. The summed E-state index contributed by atoms with van der Waals surface area (Å²) in [6.07, 6.45) is 2.40. The maximum atomic E-state index is 11.7. The summed E-state index contributed by atoms with van der Waals surface area (Å²) in [4.78, 5) is 17.2. The van der Waals surface area contributed by atoms with E-state index in [0.717, 1.165) is 5.56 Å². The van der Waals surface area contributed by atoms with Crippen molar-refractivity contribution < 1.29 is 9.90 Å². The number of rotatable bonds is 6. The van der Waals surface area contributed by atoms with Gasteiger partial charge in [-0.1, -0.05) is 17.7 Å². The van der Waals surface area contributed by atoms with E-state index in [1.807, 2.05) is 13.0 Å². The van der Waals surface area contributed by atoms with Gasteiger partial charge in [0.1, 0.15) is 5.15 Å². The van der Waals surface area contributed by atoms with E-state index >= 15 is 0 Å². The number of aliphatic hydroxyl groups excluding tert-OH is 1. The SMILES string of the molecule is CCN(CCO)C(=O)NCCc1ccc(Cl)nc1. The van der Waals surface area contributed by atoms with Gasteiger partial charge in [0.05, 0.1) is 6.61 Å². The third-order valence-corrected chi connectivity index (χ3v) is 2.74. The molecule has 6 heteroatoms. The number of nitrogens with one attached hydrogen (secondary N) is 1. The second kappa shape index (κ2) is 7.89. The molecule has 100 valence electrons. The van der Waals surface area contributed by atoms with Gasteiger partial charge in [-0.05, 0) is 25.0 Å². The molecule has 1 aromatic rings. The zero-order valence-corrected chi connectivity index (χ0v) is 11.2. The van der Waals surface area contributed by atoms with Gasteiger partial charge < -0.3 is 15.3 Å². The first-order chi connectivity index (χ1) is 8.67. The molecule has 0 bridgehead atoms. The molecule has 5 nitrogen and oxygen atoms in total. The average Bonchev–Trinajstić information content (AvgIpc) is 2.38. The molecule has 0 spiro atoms. The van der Waals surface area contributed by atoms with Crippen molar-refractivity contribution in [3.63, 3.8) is 0 Å². The molecule has 0 radical (unpaired) electrons.